The van der Waals surface area contributed by atoms with Crippen molar-refractivity contribution in [3.8, 4) is 0 Å². The molecule has 0 saturated carbocycles. The Kier molecular flexibility index (Phi) is 0.927. The van der Waals surface area contributed by atoms with E-state index in [-0.39, 0.29) is 0 Å². The second-order valence-corrected chi connectivity index (χ2v) is 2.02. The van der Waals surface area contributed by atoms with Gasteiger partial charge in [0.1, 0.15) is 12.5 Å². The van der Waals surface area contributed by atoms with Crippen LogP contribution in [0.3, 0.4) is 0 Å². The van der Waals surface area contributed by atoms with Crippen LogP contribution in [0.15, 0.2) is 16.9 Å². The lowest BCUT2D eigenvalue weighted by molar-refractivity contribution is 0.393. The summed E-state index contributed by atoms with van der Waals surface area (Å²) in [4.78, 5) is 6.18. The third kappa shape index (κ3) is 0.675. The van der Waals surface area contributed by atoms with Crippen LogP contribution in [0.5, 0.6) is 0 Å². The van der Waals surface area contributed by atoms with Gasteiger partial charge in [-0.25, -0.2) is 5.43 Å². The molecule has 0 aromatic heterocycles. The van der Waals surface area contributed by atoms with E-state index in [1.165, 1.54) is 0 Å². The van der Waals surface area contributed by atoms with Crippen LogP contribution in [-0.4, -0.2) is 24.5 Å². The summed E-state index contributed by atoms with van der Waals surface area (Å²) in [6.45, 7) is 1.62. The number of allylic oxidation sites excluding steroid dienone is 1. The van der Waals surface area contributed by atoms with Gasteiger partial charge in [0, 0.05) is 6.21 Å². The standard InChI is InChI=1S/C5H8N4/c1-2-6-3-9-4-7-8-5(1)9/h1-2,7-8H,3-4H2. The summed E-state index contributed by atoms with van der Waals surface area (Å²) < 4.78 is 0. The molecule has 2 heterocycles. The zero-order valence-electron chi connectivity index (χ0n) is 4.96. The molecule has 4 heteroatoms. The minimum absolute atomic E-state index is 0.770. The molecule has 1 fully saturated rings. The molecule has 0 spiro atoms. The molecule has 0 aromatic rings. The summed E-state index contributed by atoms with van der Waals surface area (Å²) in [6, 6.07) is 0. The van der Waals surface area contributed by atoms with E-state index in [1.54, 1.807) is 0 Å². The zero-order chi connectivity index (χ0) is 6.10. The van der Waals surface area contributed by atoms with E-state index < -0.39 is 0 Å². The SMILES string of the molecule is C1=NCN2CNNC2=C1. The van der Waals surface area contributed by atoms with Crippen LogP contribution in [0, 0.1) is 0 Å². The molecule has 2 N–H and O–H groups in total. The molecular formula is C5H8N4. The zero-order valence-corrected chi connectivity index (χ0v) is 4.96. The molecule has 0 unspecified atom stereocenters. The van der Waals surface area contributed by atoms with Gasteiger partial charge < -0.3 is 10.3 Å². The second-order valence-electron chi connectivity index (χ2n) is 2.02. The van der Waals surface area contributed by atoms with Crippen molar-refractivity contribution in [3.05, 3.63) is 11.9 Å². The number of hydrogen-bond donors (Lipinski definition) is 2. The third-order valence-electron chi connectivity index (χ3n) is 1.42. The lowest BCUT2D eigenvalue weighted by Gasteiger charge is -2.16. The molecule has 0 aromatic carbocycles. The average molecular weight is 124 g/mol. The van der Waals surface area contributed by atoms with Crippen molar-refractivity contribution >= 4 is 6.21 Å². The maximum atomic E-state index is 4.06. The van der Waals surface area contributed by atoms with Crippen LogP contribution < -0.4 is 10.9 Å². The number of hydrazine groups is 1. The molecule has 2 rings (SSSR count). The highest BCUT2D eigenvalue weighted by molar-refractivity contribution is 5.72. The topological polar surface area (TPSA) is 39.7 Å². The Morgan fingerprint density at radius 2 is 2.67 bits per heavy atom. The van der Waals surface area contributed by atoms with Gasteiger partial charge in [0.05, 0.1) is 6.67 Å². The lowest BCUT2D eigenvalue weighted by atomic mass is 10.5. The molecule has 0 amide bonds. The Hall–Kier alpha value is -1.03. The Labute approximate surface area is 53.2 Å². The Balaban J connectivity index is 2.23. The van der Waals surface area contributed by atoms with E-state index in [0.29, 0.717) is 0 Å². The normalized spacial score (nSPS) is 23.1. The lowest BCUT2D eigenvalue weighted by Crippen LogP contribution is -2.22. The monoisotopic (exact) mass is 124 g/mol. The van der Waals surface area contributed by atoms with E-state index >= 15 is 0 Å². The van der Waals surface area contributed by atoms with Gasteiger partial charge in [-0.2, -0.15) is 0 Å². The highest BCUT2D eigenvalue weighted by atomic mass is 15.6. The van der Waals surface area contributed by atoms with Crippen molar-refractivity contribution in [1.29, 1.82) is 0 Å². The Bertz CT molecular complexity index is 172. The summed E-state index contributed by atoms with van der Waals surface area (Å²) in [5, 5.41) is 0. The van der Waals surface area contributed by atoms with Gasteiger partial charge in [0.15, 0.2) is 0 Å². The fourth-order valence-electron chi connectivity index (χ4n) is 0.932. The molecule has 0 atom stereocenters. The molecular weight excluding hydrogens is 116 g/mol. The molecule has 2 aliphatic rings. The number of nitrogens with zero attached hydrogens (tertiary/aromatic N) is 2. The van der Waals surface area contributed by atoms with E-state index in [4.69, 9.17) is 0 Å². The second kappa shape index (κ2) is 1.73. The van der Waals surface area contributed by atoms with E-state index in [2.05, 4.69) is 20.7 Å². The van der Waals surface area contributed by atoms with Gasteiger partial charge in [-0.3, -0.25) is 4.99 Å². The summed E-state index contributed by atoms with van der Waals surface area (Å²) >= 11 is 0. The van der Waals surface area contributed by atoms with Crippen LogP contribution >= 0.6 is 0 Å². The first-order valence-electron chi connectivity index (χ1n) is 2.91. The van der Waals surface area contributed by atoms with Crippen LogP contribution in [0.25, 0.3) is 0 Å². The van der Waals surface area contributed by atoms with E-state index in [1.807, 2.05) is 12.3 Å². The summed E-state index contributed by atoms with van der Waals surface area (Å²) in [6.07, 6.45) is 3.76. The van der Waals surface area contributed by atoms with Gasteiger partial charge in [-0.15, -0.1) is 0 Å². The first-order chi connectivity index (χ1) is 4.47. The average Bonchev–Trinajstić information content (AvgIpc) is 2.33. The van der Waals surface area contributed by atoms with Gasteiger partial charge in [-0.1, -0.05) is 0 Å². The molecule has 0 aliphatic carbocycles. The summed E-state index contributed by atoms with van der Waals surface area (Å²) in [5.41, 5.74) is 6.00. The van der Waals surface area contributed by atoms with Crippen LogP contribution in [0.2, 0.25) is 0 Å². The van der Waals surface area contributed by atoms with Crippen molar-refractivity contribution in [1.82, 2.24) is 15.8 Å². The number of rotatable bonds is 0. The molecule has 4 nitrogen and oxygen atoms in total. The first kappa shape index (κ1) is 4.81. The quantitative estimate of drug-likeness (QED) is 0.446. The third-order valence-corrected chi connectivity index (χ3v) is 1.42. The maximum absolute atomic E-state index is 4.06. The molecule has 2 aliphatic heterocycles. The summed E-state index contributed by atoms with van der Waals surface area (Å²) in [7, 11) is 0. The first-order valence-corrected chi connectivity index (χ1v) is 2.91. The van der Waals surface area contributed by atoms with Gasteiger partial charge in [0.2, 0.25) is 0 Å². The fourth-order valence-corrected chi connectivity index (χ4v) is 0.932. The molecule has 9 heavy (non-hydrogen) atoms. The van der Waals surface area contributed by atoms with Crippen molar-refractivity contribution in [2.75, 3.05) is 13.3 Å². The largest absolute Gasteiger partial charge is 0.323 e. The van der Waals surface area contributed by atoms with E-state index in [0.717, 1.165) is 19.2 Å². The maximum Gasteiger partial charge on any atom is 0.120 e. The Morgan fingerprint density at radius 1 is 1.67 bits per heavy atom. The highest BCUT2D eigenvalue weighted by Gasteiger charge is 2.15. The van der Waals surface area contributed by atoms with Crippen molar-refractivity contribution in [2.45, 2.75) is 0 Å². The Morgan fingerprint density at radius 3 is 3.56 bits per heavy atom. The highest BCUT2D eigenvalue weighted by Crippen LogP contribution is 2.05. The van der Waals surface area contributed by atoms with Crippen LogP contribution in [0.4, 0.5) is 0 Å². The molecule has 0 radical (unpaired) electrons. The van der Waals surface area contributed by atoms with Crippen molar-refractivity contribution in [2.24, 2.45) is 4.99 Å². The fraction of sp³-hybridized carbons (Fsp3) is 0.400. The summed E-state index contributed by atoms with van der Waals surface area (Å²) in [5.74, 6) is 1.12. The van der Waals surface area contributed by atoms with Gasteiger partial charge in [0.25, 0.3) is 0 Å². The van der Waals surface area contributed by atoms with E-state index in [9.17, 15) is 0 Å². The molecule has 0 bridgehead atoms. The van der Waals surface area contributed by atoms with Gasteiger partial charge >= 0.3 is 0 Å². The molecule has 1 saturated heterocycles. The minimum Gasteiger partial charge on any atom is -0.323 e. The van der Waals surface area contributed by atoms with Gasteiger partial charge in [-0.05, 0) is 6.08 Å². The predicted molar refractivity (Wildman–Crippen MR) is 34.4 cm³/mol. The predicted octanol–water partition coefficient (Wildman–Crippen LogP) is -0.763. The molecule has 48 valence electrons. The number of hydrogen-bond acceptors (Lipinski definition) is 4. The smallest absolute Gasteiger partial charge is 0.120 e. The van der Waals surface area contributed by atoms with Crippen molar-refractivity contribution < 1.29 is 0 Å². The van der Waals surface area contributed by atoms with Crippen LogP contribution in [-0.2, 0) is 0 Å². The van der Waals surface area contributed by atoms with Crippen LogP contribution in [0.1, 0.15) is 0 Å². The number of nitrogens with one attached hydrogen (secondary N) is 2. The number of fused-ring (bicyclic) bond motifs is 1. The minimum atomic E-state index is 0.770. The number of aliphatic imine (C=N–C) groups is 1. The van der Waals surface area contributed by atoms with Crippen molar-refractivity contribution in [3.63, 3.8) is 0 Å².